The second-order valence-electron chi connectivity index (χ2n) is 9.87. The van der Waals surface area contributed by atoms with Gasteiger partial charge in [0.2, 0.25) is 0 Å². The molecule has 1 unspecified atom stereocenters. The molecule has 1 fully saturated rings. The summed E-state index contributed by atoms with van der Waals surface area (Å²) in [7, 11) is 0. The van der Waals surface area contributed by atoms with Crippen LogP contribution in [0.15, 0.2) is 24.3 Å². The topological polar surface area (TPSA) is 62.6 Å². The molecule has 7 heteroatoms. The number of aromatic nitrogens is 1. The van der Waals surface area contributed by atoms with Gasteiger partial charge in [-0.3, -0.25) is 4.98 Å². The molecule has 1 aromatic heterocycles. The zero-order valence-electron chi connectivity index (χ0n) is 20.7. The van der Waals surface area contributed by atoms with Gasteiger partial charge in [0.25, 0.3) is 0 Å². The Balaban J connectivity index is 0.00000158. The lowest BCUT2D eigenvalue weighted by molar-refractivity contribution is -0.137. The summed E-state index contributed by atoms with van der Waals surface area (Å²) in [5.41, 5.74) is 3.31. The molecule has 1 aromatic carbocycles. The van der Waals surface area contributed by atoms with Gasteiger partial charge in [0.15, 0.2) is 0 Å². The van der Waals surface area contributed by atoms with Crippen LogP contribution in [0.3, 0.4) is 0 Å². The molecular weight excluding hydrogens is 443 g/mol. The molecule has 1 aliphatic heterocycles. The molecule has 1 aliphatic carbocycles. The molecule has 2 N–H and O–H groups in total. The minimum atomic E-state index is -4.43. The number of alkyl halides is 3. The number of fused-ring (bicyclic) bond motifs is 1. The smallest absolute Gasteiger partial charge is 0.388 e. The first kappa shape index (κ1) is 26.6. The average molecular weight is 480 g/mol. The molecule has 2 aliphatic rings. The van der Waals surface area contributed by atoms with E-state index in [9.17, 15) is 23.4 Å². The highest BCUT2D eigenvalue weighted by atomic mass is 19.4. The van der Waals surface area contributed by atoms with Gasteiger partial charge in [-0.15, -0.1) is 0 Å². The Morgan fingerprint density at radius 2 is 1.68 bits per heavy atom. The van der Waals surface area contributed by atoms with E-state index in [0.29, 0.717) is 30.8 Å². The Hall–Kier alpha value is -1.96. The standard InChI is InChI=1S/C25H30F3NO3.C2H6/c1-14-20-18(12-24(2,3)13-19(20)30)29-22(15-8-10-32-11-9-15)21(14)23(31)16-4-6-17(7-5-16)25(26,27)28;1-2/h4-7,15,19,23,30-31H,8-13H2,1-3H3;1-2H3/t19?,23-;/m0./s1. The fourth-order valence-electron chi connectivity index (χ4n) is 5.20. The number of aliphatic hydroxyl groups excluding tert-OH is 2. The van der Waals surface area contributed by atoms with E-state index in [1.807, 2.05) is 20.8 Å². The zero-order chi connectivity index (χ0) is 25.3. The summed E-state index contributed by atoms with van der Waals surface area (Å²) >= 11 is 0. The molecule has 4 nitrogen and oxygen atoms in total. The first-order chi connectivity index (χ1) is 16.0. The second-order valence-corrected chi connectivity index (χ2v) is 9.87. The Morgan fingerprint density at radius 1 is 1.09 bits per heavy atom. The lowest BCUT2D eigenvalue weighted by Crippen LogP contribution is -2.30. The highest BCUT2D eigenvalue weighted by Gasteiger charge is 2.37. The molecule has 0 spiro atoms. The summed E-state index contributed by atoms with van der Waals surface area (Å²) in [6.07, 6.45) is -3.40. The van der Waals surface area contributed by atoms with Gasteiger partial charge in [0.05, 0.1) is 17.4 Å². The minimum absolute atomic E-state index is 0.0909. The van der Waals surface area contributed by atoms with E-state index in [2.05, 4.69) is 13.8 Å². The first-order valence-corrected chi connectivity index (χ1v) is 12.1. The van der Waals surface area contributed by atoms with Gasteiger partial charge in [0, 0.05) is 36.0 Å². The molecule has 1 saturated heterocycles. The molecule has 2 heterocycles. The summed E-state index contributed by atoms with van der Waals surface area (Å²) < 4.78 is 44.5. The third-order valence-corrected chi connectivity index (χ3v) is 6.81. The molecule has 2 atom stereocenters. The van der Waals surface area contributed by atoms with Crippen LogP contribution in [-0.4, -0.2) is 28.4 Å². The van der Waals surface area contributed by atoms with Crippen molar-refractivity contribution in [2.75, 3.05) is 13.2 Å². The largest absolute Gasteiger partial charge is 0.416 e. The Kier molecular flexibility index (Phi) is 8.10. The van der Waals surface area contributed by atoms with Gasteiger partial charge >= 0.3 is 6.18 Å². The van der Waals surface area contributed by atoms with E-state index in [4.69, 9.17) is 9.72 Å². The summed E-state index contributed by atoms with van der Waals surface area (Å²) in [5, 5.41) is 22.2. The number of pyridine rings is 1. The van der Waals surface area contributed by atoms with Crippen molar-refractivity contribution < 1.29 is 28.1 Å². The highest BCUT2D eigenvalue weighted by molar-refractivity contribution is 5.48. The van der Waals surface area contributed by atoms with Crippen LogP contribution in [0.4, 0.5) is 13.2 Å². The van der Waals surface area contributed by atoms with E-state index in [1.165, 1.54) is 12.1 Å². The molecule has 188 valence electrons. The molecule has 0 bridgehead atoms. The van der Waals surface area contributed by atoms with E-state index < -0.39 is 23.9 Å². The van der Waals surface area contributed by atoms with Crippen LogP contribution in [0.5, 0.6) is 0 Å². The lowest BCUT2D eigenvalue weighted by Gasteiger charge is -2.37. The summed E-state index contributed by atoms with van der Waals surface area (Å²) in [5.74, 6) is 0.0917. The maximum atomic E-state index is 13.0. The molecule has 34 heavy (non-hydrogen) atoms. The van der Waals surface area contributed by atoms with Gasteiger partial charge in [-0.1, -0.05) is 39.8 Å². The number of ether oxygens (including phenoxy) is 1. The van der Waals surface area contributed by atoms with Crippen molar-refractivity contribution in [1.82, 2.24) is 4.98 Å². The van der Waals surface area contributed by atoms with Crippen LogP contribution < -0.4 is 0 Å². The fraction of sp³-hybridized carbons (Fsp3) is 0.593. The van der Waals surface area contributed by atoms with Crippen LogP contribution in [0, 0.1) is 12.3 Å². The monoisotopic (exact) mass is 479 g/mol. The minimum Gasteiger partial charge on any atom is -0.388 e. The van der Waals surface area contributed by atoms with Gasteiger partial charge in [0.1, 0.15) is 6.10 Å². The maximum absolute atomic E-state index is 13.0. The van der Waals surface area contributed by atoms with Crippen LogP contribution in [0.25, 0.3) is 0 Å². The predicted molar refractivity (Wildman–Crippen MR) is 126 cm³/mol. The summed E-state index contributed by atoms with van der Waals surface area (Å²) in [4.78, 5) is 4.99. The quantitative estimate of drug-likeness (QED) is 0.534. The van der Waals surface area contributed by atoms with Crippen LogP contribution in [0.1, 0.15) is 104 Å². The van der Waals surface area contributed by atoms with E-state index in [0.717, 1.165) is 53.9 Å². The van der Waals surface area contributed by atoms with Crippen molar-refractivity contribution in [3.05, 3.63) is 63.5 Å². The molecule has 2 aromatic rings. The molecule has 0 saturated carbocycles. The predicted octanol–water partition coefficient (Wildman–Crippen LogP) is 6.42. The summed E-state index contributed by atoms with van der Waals surface area (Å²) in [6.45, 7) is 11.3. The van der Waals surface area contributed by atoms with Gasteiger partial charge < -0.3 is 14.9 Å². The van der Waals surface area contributed by atoms with Crippen LogP contribution in [0.2, 0.25) is 0 Å². The van der Waals surface area contributed by atoms with Crippen molar-refractivity contribution in [3.63, 3.8) is 0 Å². The summed E-state index contributed by atoms with van der Waals surface area (Å²) in [6, 6.07) is 4.62. The molecular formula is C27H36F3NO3. The first-order valence-electron chi connectivity index (χ1n) is 12.1. The van der Waals surface area contributed by atoms with Gasteiger partial charge in [-0.2, -0.15) is 13.2 Å². The van der Waals surface area contributed by atoms with E-state index in [-0.39, 0.29) is 11.3 Å². The third kappa shape index (κ3) is 5.47. The van der Waals surface area contributed by atoms with E-state index >= 15 is 0 Å². The third-order valence-electron chi connectivity index (χ3n) is 6.81. The zero-order valence-corrected chi connectivity index (χ0v) is 20.7. The van der Waals surface area contributed by atoms with Crippen molar-refractivity contribution in [1.29, 1.82) is 0 Å². The Labute approximate surface area is 200 Å². The lowest BCUT2D eigenvalue weighted by atomic mass is 9.72. The molecule has 4 rings (SSSR count). The number of nitrogens with zero attached hydrogens (tertiary/aromatic N) is 1. The number of benzene rings is 1. The van der Waals surface area contributed by atoms with Crippen LogP contribution in [-0.2, 0) is 17.3 Å². The van der Waals surface area contributed by atoms with Crippen LogP contribution >= 0.6 is 0 Å². The number of hydrogen-bond acceptors (Lipinski definition) is 4. The number of aliphatic hydroxyl groups is 2. The highest BCUT2D eigenvalue weighted by Crippen LogP contribution is 2.45. The molecule has 0 radical (unpaired) electrons. The van der Waals surface area contributed by atoms with Crippen molar-refractivity contribution in [2.24, 2.45) is 5.41 Å². The van der Waals surface area contributed by atoms with Crippen molar-refractivity contribution in [2.45, 2.75) is 84.6 Å². The van der Waals surface area contributed by atoms with Crippen molar-refractivity contribution in [3.8, 4) is 0 Å². The number of halogens is 3. The number of hydrogen-bond donors (Lipinski definition) is 2. The van der Waals surface area contributed by atoms with Crippen molar-refractivity contribution >= 4 is 0 Å². The number of rotatable bonds is 3. The Bertz CT molecular complexity index is 980. The fourth-order valence-corrected chi connectivity index (χ4v) is 5.20. The normalized spacial score (nSPS) is 21.3. The Morgan fingerprint density at radius 3 is 2.24 bits per heavy atom. The SMILES string of the molecule is CC.Cc1c2c(nc(C3CCOCC3)c1[C@@H](O)c1ccc(C(F)(F)F)cc1)CC(C)(C)CC2O. The average Bonchev–Trinajstić information content (AvgIpc) is 2.78. The van der Waals surface area contributed by atoms with Gasteiger partial charge in [-0.05, 0) is 61.3 Å². The second kappa shape index (κ2) is 10.3. The van der Waals surface area contributed by atoms with Gasteiger partial charge in [-0.25, -0.2) is 0 Å². The molecule has 0 amide bonds. The maximum Gasteiger partial charge on any atom is 0.416 e. The van der Waals surface area contributed by atoms with E-state index in [1.54, 1.807) is 0 Å².